The highest BCUT2D eigenvalue weighted by atomic mass is 19.2. The number of halogens is 2. The van der Waals surface area contributed by atoms with Gasteiger partial charge in [0.1, 0.15) is 13.2 Å². The van der Waals surface area contributed by atoms with E-state index < -0.39 is 42.7 Å². The van der Waals surface area contributed by atoms with Crippen LogP contribution in [-0.2, 0) is 19.1 Å². The van der Waals surface area contributed by atoms with E-state index in [1.807, 2.05) is 0 Å². The summed E-state index contributed by atoms with van der Waals surface area (Å²) >= 11 is 0. The van der Waals surface area contributed by atoms with Crippen LogP contribution in [0.5, 0.6) is 0 Å². The van der Waals surface area contributed by atoms with Gasteiger partial charge in [-0.3, -0.25) is 0 Å². The van der Waals surface area contributed by atoms with Gasteiger partial charge in [-0.2, -0.15) is 0 Å². The number of unbranched alkanes of at least 4 members (excludes halogenated alkanes) is 2. The highest BCUT2D eigenvalue weighted by molar-refractivity contribution is 5.88. The summed E-state index contributed by atoms with van der Waals surface area (Å²) in [4.78, 5) is 24.2. The maximum Gasteiger partial charge on any atom is 0.335 e. The van der Waals surface area contributed by atoms with Crippen LogP contribution in [0.4, 0.5) is 8.78 Å². The van der Waals surface area contributed by atoms with Crippen molar-refractivity contribution in [2.75, 3.05) is 26.4 Å². The summed E-state index contributed by atoms with van der Waals surface area (Å²) in [5.74, 6) is -1.47. The van der Waals surface area contributed by atoms with E-state index in [2.05, 4.69) is 20.1 Å². The third-order valence-corrected chi connectivity index (χ3v) is 10.6. The summed E-state index contributed by atoms with van der Waals surface area (Å²) in [6, 6.07) is 10.0. The molecule has 2 aliphatic rings. The van der Waals surface area contributed by atoms with Crippen LogP contribution in [-0.4, -0.2) is 48.6 Å². The van der Waals surface area contributed by atoms with Crippen molar-refractivity contribution in [3.05, 3.63) is 83.5 Å². The molecule has 2 aromatic rings. The molecule has 0 aromatic heterocycles. The molecule has 2 aliphatic carbocycles. The summed E-state index contributed by atoms with van der Waals surface area (Å²) in [6.07, 6.45) is 14.6. The van der Waals surface area contributed by atoms with E-state index in [4.69, 9.17) is 19.7 Å². The van der Waals surface area contributed by atoms with Gasteiger partial charge in [0.25, 0.3) is 0 Å². The predicted octanol–water partition coefficient (Wildman–Crippen LogP) is 8.56. The van der Waals surface area contributed by atoms with E-state index in [0.717, 1.165) is 37.5 Å². The van der Waals surface area contributed by atoms with Crippen molar-refractivity contribution in [2.24, 2.45) is 17.8 Å². The molecule has 262 valence electrons. The maximum absolute atomic E-state index is 15.6. The van der Waals surface area contributed by atoms with Crippen molar-refractivity contribution in [1.82, 2.24) is 0 Å². The Balaban J connectivity index is 1.38. The van der Waals surface area contributed by atoms with E-state index >= 15 is 8.78 Å². The summed E-state index contributed by atoms with van der Waals surface area (Å²) in [6.45, 7) is 7.63. The van der Waals surface area contributed by atoms with Crippen LogP contribution in [0.3, 0.4) is 0 Å². The second-order valence-electron chi connectivity index (χ2n) is 13.8. The van der Waals surface area contributed by atoms with Gasteiger partial charge in [-0.1, -0.05) is 95.0 Å². The number of carbonyl (C=O) groups excluding carboxylic acids is 2. The Kier molecular flexibility index (Phi) is 14.4. The van der Waals surface area contributed by atoms with Crippen LogP contribution in [0.25, 0.3) is 11.1 Å². The maximum atomic E-state index is 15.6. The Hall–Kier alpha value is -3.36. The SMILES string of the molecule is C=C(CO)C(=O)OCC(COC(=O)C(=C)CO)c1ccc(-c2ccc(C3CCC(C4CCC(CCCCC)CC4)CC3)c(F)c2F)cc1. The molecule has 0 heterocycles. The first-order valence-electron chi connectivity index (χ1n) is 17.7. The van der Waals surface area contributed by atoms with Crippen molar-refractivity contribution in [3.63, 3.8) is 0 Å². The molecule has 0 saturated heterocycles. The summed E-state index contributed by atoms with van der Waals surface area (Å²) in [7, 11) is 0. The molecular formula is C40H52F2O6. The molecule has 0 spiro atoms. The lowest BCUT2D eigenvalue weighted by Gasteiger charge is -2.38. The smallest absolute Gasteiger partial charge is 0.335 e. The summed E-state index contributed by atoms with van der Waals surface area (Å²) in [5.41, 5.74) is 1.45. The number of aliphatic hydroxyl groups excluding tert-OH is 2. The Morgan fingerprint density at radius 1 is 0.771 bits per heavy atom. The first kappa shape index (κ1) is 37.5. The normalized spacial score (nSPS) is 21.1. The number of hydrogen-bond donors (Lipinski definition) is 2. The number of carbonyl (C=O) groups is 2. The van der Waals surface area contributed by atoms with Gasteiger partial charge >= 0.3 is 11.9 Å². The van der Waals surface area contributed by atoms with Crippen molar-refractivity contribution in [1.29, 1.82) is 0 Å². The van der Waals surface area contributed by atoms with Crippen molar-refractivity contribution in [2.45, 2.75) is 95.8 Å². The average Bonchev–Trinajstić information content (AvgIpc) is 3.12. The molecule has 4 rings (SSSR count). The average molecular weight is 667 g/mol. The van der Waals surface area contributed by atoms with Gasteiger partial charge in [-0.05, 0) is 78.9 Å². The van der Waals surface area contributed by atoms with E-state index in [-0.39, 0.29) is 35.8 Å². The van der Waals surface area contributed by atoms with Crippen LogP contribution >= 0.6 is 0 Å². The Bertz CT molecular complexity index is 1360. The largest absolute Gasteiger partial charge is 0.461 e. The molecule has 0 amide bonds. The molecular weight excluding hydrogens is 614 g/mol. The molecule has 2 saturated carbocycles. The molecule has 0 atom stereocenters. The van der Waals surface area contributed by atoms with Crippen LogP contribution < -0.4 is 0 Å². The first-order chi connectivity index (χ1) is 23.2. The summed E-state index contributed by atoms with van der Waals surface area (Å²) in [5, 5.41) is 18.3. The standard InChI is InChI=1S/C40H52F2O6/c1-4-5-6-7-28-8-10-29(11-9-28)30-12-16-32(17-13-30)35-20-21-36(38(42)37(35)41)33-18-14-31(15-19-33)34(24-47-39(45)26(2)22-43)25-48-40(46)27(3)23-44/h14-15,18-21,28-30,32,34,43-44H,2-13,16-17,22-25H2,1H3. The Morgan fingerprint density at radius 2 is 1.31 bits per heavy atom. The number of esters is 2. The lowest BCUT2D eigenvalue weighted by atomic mass is 9.68. The number of ether oxygens (including phenoxy) is 2. The zero-order valence-corrected chi connectivity index (χ0v) is 28.4. The van der Waals surface area contributed by atoms with Gasteiger partial charge in [-0.25, -0.2) is 18.4 Å². The van der Waals surface area contributed by atoms with E-state index in [9.17, 15) is 9.59 Å². The second kappa shape index (κ2) is 18.4. The topological polar surface area (TPSA) is 93.1 Å². The van der Waals surface area contributed by atoms with Crippen LogP contribution in [0.2, 0.25) is 0 Å². The number of benzene rings is 2. The molecule has 0 unspecified atom stereocenters. The molecule has 0 radical (unpaired) electrons. The number of rotatable bonds is 16. The van der Waals surface area contributed by atoms with Crippen molar-refractivity contribution in [3.8, 4) is 11.1 Å². The summed E-state index contributed by atoms with van der Waals surface area (Å²) < 4.78 is 41.6. The molecule has 2 aromatic carbocycles. The van der Waals surface area contributed by atoms with Gasteiger partial charge in [0.05, 0.1) is 30.3 Å². The monoisotopic (exact) mass is 666 g/mol. The zero-order valence-electron chi connectivity index (χ0n) is 28.4. The van der Waals surface area contributed by atoms with Crippen molar-refractivity contribution >= 4 is 11.9 Å². The second-order valence-corrected chi connectivity index (χ2v) is 13.8. The molecule has 48 heavy (non-hydrogen) atoms. The molecule has 0 aliphatic heterocycles. The Labute approximate surface area is 284 Å². The third kappa shape index (κ3) is 9.85. The van der Waals surface area contributed by atoms with Gasteiger partial charge in [0, 0.05) is 5.56 Å². The molecule has 2 N–H and O–H groups in total. The Morgan fingerprint density at radius 3 is 1.83 bits per heavy atom. The van der Waals surface area contributed by atoms with Gasteiger partial charge in [-0.15, -0.1) is 0 Å². The minimum absolute atomic E-state index is 0.0209. The quantitative estimate of drug-likeness (QED) is 0.106. The minimum Gasteiger partial charge on any atom is -0.461 e. The zero-order chi connectivity index (χ0) is 34.6. The lowest BCUT2D eigenvalue weighted by molar-refractivity contribution is -0.142. The van der Waals surface area contributed by atoms with Crippen LogP contribution in [0.1, 0.15) is 107 Å². The third-order valence-electron chi connectivity index (χ3n) is 10.6. The highest BCUT2D eigenvalue weighted by Gasteiger charge is 2.32. The first-order valence-corrected chi connectivity index (χ1v) is 17.7. The number of aliphatic hydroxyl groups is 2. The molecule has 2 fully saturated rings. The predicted molar refractivity (Wildman–Crippen MR) is 183 cm³/mol. The fraction of sp³-hybridized carbons (Fsp3) is 0.550. The van der Waals surface area contributed by atoms with E-state index in [0.29, 0.717) is 22.6 Å². The minimum atomic E-state index is -0.867. The molecule has 6 nitrogen and oxygen atoms in total. The highest BCUT2D eigenvalue weighted by Crippen LogP contribution is 2.45. The van der Waals surface area contributed by atoms with Crippen molar-refractivity contribution < 1.29 is 38.1 Å². The van der Waals surface area contributed by atoms with Crippen LogP contribution in [0.15, 0.2) is 60.7 Å². The van der Waals surface area contributed by atoms with E-state index in [1.54, 1.807) is 36.4 Å². The van der Waals surface area contributed by atoms with Crippen LogP contribution in [0, 0.1) is 29.4 Å². The molecule has 0 bridgehead atoms. The van der Waals surface area contributed by atoms with Gasteiger partial charge < -0.3 is 19.7 Å². The fourth-order valence-corrected chi connectivity index (χ4v) is 7.50. The molecule has 8 heteroatoms. The van der Waals surface area contributed by atoms with Gasteiger partial charge in [0.2, 0.25) is 0 Å². The van der Waals surface area contributed by atoms with E-state index in [1.165, 1.54) is 51.4 Å². The fourth-order valence-electron chi connectivity index (χ4n) is 7.50. The number of hydrogen-bond acceptors (Lipinski definition) is 6. The lowest BCUT2D eigenvalue weighted by Crippen LogP contribution is -2.25. The van der Waals surface area contributed by atoms with Gasteiger partial charge in [0.15, 0.2) is 11.6 Å².